The summed E-state index contributed by atoms with van der Waals surface area (Å²) >= 11 is 0. The van der Waals surface area contributed by atoms with Crippen LogP contribution in [0.4, 0.5) is 11.6 Å². The fraction of sp³-hybridized carbons (Fsp3) is 0.417. The van der Waals surface area contributed by atoms with E-state index in [1.807, 2.05) is 54.5 Å². The highest BCUT2D eigenvalue weighted by Gasteiger charge is 2.32. The molecule has 0 unspecified atom stereocenters. The van der Waals surface area contributed by atoms with Crippen molar-refractivity contribution in [1.29, 1.82) is 0 Å². The van der Waals surface area contributed by atoms with Gasteiger partial charge in [-0.15, -0.1) is 0 Å². The summed E-state index contributed by atoms with van der Waals surface area (Å²) in [6.45, 7) is 9.42. The predicted octanol–water partition coefficient (Wildman–Crippen LogP) is 4.08. The van der Waals surface area contributed by atoms with E-state index in [4.69, 9.17) is 9.47 Å². The minimum Gasteiger partial charge on any atom is -0.489 e. The van der Waals surface area contributed by atoms with E-state index in [9.17, 15) is 0 Å². The minimum absolute atomic E-state index is 0.0756. The van der Waals surface area contributed by atoms with Gasteiger partial charge in [0.1, 0.15) is 17.3 Å². The lowest BCUT2D eigenvalue weighted by Crippen LogP contribution is -2.18. The Labute approximate surface area is 192 Å². The zero-order valence-electron chi connectivity index (χ0n) is 19.7. The maximum atomic E-state index is 6.20. The maximum absolute atomic E-state index is 6.20. The normalized spacial score (nSPS) is 17.5. The molecule has 0 aromatic carbocycles. The van der Waals surface area contributed by atoms with Gasteiger partial charge in [-0.05, 0) is 46.2 Å². The summed E-state index contributed by atoms with van der Waals surface area (Å²) < 4.78 is 15.7. The Morgan fingerprint density at radius 2 is 2.03 bits per heavy atom. The Hall–Kier alpha value is -3.46. The molecule has 172 valence electrons. The number of rotatable bonds is 6. The van der Waals surface area contributed by atoms with Gasteiger partial charge in [-0.25, -0.2) is 14.5 Å². The minimum atomic E-state index is -0.0756. The highest BCUT2D eigenvalue weighted by molar-refractivity contribution is 5.72. The van der Waals surface area contributed by atoms with Crippen LogP contribution in [0.25, 0.3) is 16.8 Å². The van der Waals surface area contributed by atoms with Crippen molar-refractivity contribution in [2.45, 2.75) is 39.7 Å². The van der Waals surface area contributed by atoms with E-state index in [0.717, 1.165) is 58.7 Å². The Balaban J connectivity index is 1.37. The summed E-state index contributed by atoms with van der Waals surface area (Å²) in [5.41, 5.74) is 3.74. The van der Waals surface area contributed by atoms with Gasteiger partial charge in [-0.2, -0.15) is 10.2 Å². The first kappa shape index (κ1) is 21.4. The van der Waals surface area contributed by atoms with Crippen molar-refractivity contribution in [1.82, 2.24) is 29.4 Å². The molecule has 9 nitrogen and oxygen atoms in total. The van der Waals surface area contributed by atoms with Crippen LogP contribution in [0.2, 0.25) is 0 Å². The van der Waals surface area contributed by atoms with E-state index in [1.165, 1.54) is 0 Å². The van der Waals surface area contributed by atoms with E-state index < -0.39 is 0 Å². The van der Waals surface area contributed by atoms with E-state index in [0.29, 0.717) is 12.5 Å². The first-order chi connectivity index (χ1) is 15.8. The van der Waals surface area contributed by atoms with E-state index in [-0.39, 0.29) is 5.60 Å². The smallest absolute Gasteiger partial charge is 0.165 e. The molecule has 5 heterocycles. The molecule has 0 spiro atoms. The summed E-state index contributed by atoms with van der Waals surface area (Å²) in [5, 5.41) is 12.3. The SMILES string of the molecule is Cc1cc(Nc2cc3cc(-c4c(OC[C@@H]5COC(C)(C)C5)cnn4C)ccn3n2)nc(C)n1. The number of nitrogens with one attached hydrogen (secondary N) is 1. The topological polar surface area (TPSA) is 91.4 Å². The third-order valence-electron chi connectivity index (χ3n) is 5.83. The Kier molecular flexibility index (Phi) is 5.28. The van der Waals surface area contributed by atoms with Crippen LogP contribution in [0.1, 0.15) is 31.8 Å². The van der Waals surface area contributed by atoms with Crippen LogP contribution in [0, 0.1) is 19.8 Å². The molecule has 1 saturated heterocycles. The second kappa shape index (κ2) is 8.15. The highest BCUT2D eigenvalue weighted by atomic mass is 16.5. The molecule has 0 saturated carbocycles. The molecular weight excluding hydrogens is 418 g/mol. The van der Waals surface area contributed by atoms with Gasteiger partial charge in [-0.3, -0.25) is 4.68 Å². The van der Waals surface area contributed by atoms with Gasteiger partial charge < -0.3 is 14.8 Å². The van der Waals surface area contributed by atoms with Crippen LogP contribution in [0.15, 0.2) is 36.7 Å². The molecule has 9 heteroatoms. The van der Waals surface area contributed by atoms with Gasteiger partial charge in [0.25, 0.3) is 0 Å². The largest absolute Gasteiger partial charge is 0.489 e. The van der Waals surface area contributed by atoms with Gasteiger partial charge in [0.15, 0.2) is 11.6 Å². The first-order valence-corrected chi connectivity index (χ1v) is 11.1. The average Bonchev–Trinajstić information content (AvgIpc) is 3.40. The third kappa shape index (κ3) is 4.54. The first-order valence-electron chi connectivity index (χ1n) is 11.1. The number of anilines is 2. The third-order valence-corrected chi connectivity index (χ3v) is 5.83. The molecule has 1 aliphatic rings. The summed E-state index contributed by atoms with van der Waals surface area (Å²) in [5.74, 6) is 3.32. The summed E-state index contributed by atoms with van der Waals surface area (Å²) in [6, 6.07) is 8.00. The lowest BCUT2D eigenvalue weighted by molar-refractivity contribution is 0.0341. The zero-order chi connectivity index (χ0) is 23.2. The fourth-order valence-electron chi connectivity index (χ4n) is 4.44. The standard InChI is InChI=1S/C24H29N7O2/c1-15-8-21(27-16(2)26-15)28-22-10-19-9-18(6-7-31(19)29-22)23-20(12-25-30(23)5)32-13-17-11-24(3,4)33-14-17/h6-10,12,17H,11,13-14H2,1-5H3,(H,26,27,28,29)/t17-/m1/s1. The number of nitrogens with zero attached hydrogens (tertiary/aromatic N) is 6. The van der Waals surface area contributed by atoms with Crippen molar-refractivity contribution < 1.29 is 9.47 Å². The van der Waals surface area contributed by atoms with Gasteiger partial charge in [-0.1, -0.05) is 0 Å². The van der Waals surface area contributed by atoms with Crippen molar-refractivity contribution >= 4 is 17.2 Å². The lowest BCUT2D eigenvalue weighted by atomic mass is 9.99. The van der Waals surface area contributed by atoms with Gasteiger partial charge in [0, 0.05) is 42.6 Å². The number of pyridine rings is 1. The molecule has 5 rings (SSSR count). The Morgan fingerprint density at radius 3 is 2.79 bits per heavy atom. The molecule has 4 aromatic rings. The average molecular weight is 448 g/mol. The maximum Gasteiger partial charge on any atom is 0.165 e. The highest BCUT2D eigenvalue weighted by Crippen LogP contribution is 2.33. The number of ether oxygens (including phenoxy) is 2. The number of hydrogen-bond acceptors (Lipinski definition) is 7. The second-order valence-electron chi connectivity index (χ2n) is 9.31. The summed E-state index contributed by atoms with van der Waals surface area (Å²) in [4.78, 5) is 8.75. The quantitative estimate of drug-likeness (QED) is 0.476. The molecular formula is C24H29N7O2. The molecule has 0 bridgehead atoms. The Bertz CT molecular complexity index is 1290. The van der Waals surface area contributed by atoms with Crippen LogP contribution < -0.4 is 10.1 Å². The second-order valence-corrected chi connectivity index (χ2v) is 9.31. The molecule has 0 aliphatic carbocycles. The molecule has 1 N–H and O–H groups in total. The molecule has 0 amide bonds. The van der Waals surface area contributed by atoms with E-state index >= 15 is 0 Å². The van der Waals surface area contributed by atoms with Gasteiger partial charge >= 0.3 is 0 Å². The summed E-state index contributed by atoms with van der Waals surface area (Å²) in [6.07, 6.45) is 4.71. The van der Waals surface area contributed by atoms with Gasteiger partial charge in [0.05, 0.1) is 30.5 Å². The fourth-order valence-corrected chi connectivity index (χ4v) is 4.44. The van der Waals surface area contributed by atoms with Crippen LogP contribution in [-0.4, -0.2) is 48.2 Å². The summed E-state index contributed by atoms with van der Waals surface area (Å²) in [7, 11) is 1.93. The van der Waals surface area contributed by atoms with Crippen molar-refractivity contribution in [3.63, 3.8) is 0 Å². The number of aryl methyl sites for hydroxylation is 3. The van der Waals surface area contributed by atoms with Crippen LogP contribution >= 0.6 is 0 Å². The molecule has 4 aromatic heterocycles. The number of hydrogen-bond donors (Lipinski definition) is 1. The van der Waals surface area contributed by atoms with Crippen molar-refractivity contribution in [2.24, 2.45) is 13.0 Å². The molecule has 33 heavy (non-hydrogen) atoms. The van der Waals surface area contributed by atoms with E-state index in [2.05, 4.69) is 45.4 Å². The van der Waals surface area contributed by atoms with Crippen LogP contribution in [0.5, 0.6) is 5.75 Å². The lowest BCUT2D eigenvalue weighted by Gasteiger charge is -2.16. The Morgan fingerprint density at radius 1 is 1.18 bits per heavy atom. The van der Waals surface area contributed by atoms with Crippen molar-refractivity contribution in [2.75, 3.05) is 18.5 Å². The van der Waals surface area contributed by atoms with Crippen LogP contribution in [0.3, 0.4) is 0 Å². The molecule has 1 atom stereocenters. The molecule has 1 aliphatic heterocycles. The number of fused-ring (bicyclic) bond motifs is 1. The van der Waals surface area contributed by atoms with Crippen molar-refractivity contribution in [3.8, 4) is 17.0 Å². The van der Waals surface area contributed by atoms with E-state index in [1.54, 1.807) is 6.20 Å². The zero-order valence-corrected chi connectivity index (χ0v) is 19.7. The van der Waals surface area contributed by atoms with Crippen LogP contribution in [-0.2, 0) is 11.8 Å². The van der Waals surface area contributed by atoms with Crippen molar-refractivity contribution in [3.05, 3.63) is 48.2 Å². The van der Waals surface area contributed by atoms with Gasteiger partial charge in [0.2, 0.25) is 0 Å². The molecule has 0 radical (unpaired) electrons. The molecule has 1 fully saturated rings. The predicted molar refractivity (Wildman–Crippen MR) is 126 cm³/mol. The number of aromatic nitrogens is 6. The monoisotopic (exact) mass is 447 g/mol.